The normalized spacial score (nSPS) is 19.9. The summed E-state index contributed by atoms with van der Waals surface area (Å²) in [6.07, 6.45) is 0.941. The smallest absolute Gasteiger partial charge is 0.244 e. The lowest BCUT2D eigenvalue weighted by Crippen LogP contribution is -2.38. The van der Waals surface area contributed by atoms with Crippen LogP contribution in [0.5, 0.6) is 5.75 Å². The number of amides is 1. The number of fused-ring (bicyclic) bond motifs is 1. The van der Waals surface area contributed by atoms with Crippen LogP contribution in [-0.4, -0.2) is 18.6 Å². The lowest BCUT2D eigenvalue weighted by atomic mass is 10.1. The molecule has 2 rings (SSSR count). The van der Waals surface area contributed by atoms with Gasteiger partial charge in [-0.2, -0.15) is 0 Å². The quantitative estimate of drug-likeness (QED) is 0.717. The molecule has 0 bridgehead atoms. The molecule has 0 spiro atoms. The molecule has 1 aromatic carbocycles. The molecule has 0 saturated carbocycles. The number of carbonyl (C=O) groups is 1. The average molecular weight is 206 g/mol. The molecule has 80 valence electrons. The third-order valence-corrected chi connectivity index (χ3v) is 2.47. The van der Waals surface area contributed by atoms with Gasteiger partial charge < -0.3 is 15.8 Å². The van der Waals surface area contributed by atoms with Gasteiger partial charge in [0.15, 0.2) is 0 Å². The molecule has 3 N–H and O–H groups in total. The summed E-state index contributed by atoms with van der Waals surface area (Å²) in [5.41, 5.74) is 7.47. The summed E-state index contributed by atoms with van der Waals surface area (Å²) >= 11 is 0. The zero-order chi connectivity index (χ0) is 10.8. The maximum atomic E-state index is 11.4. The van der Waals surface area contributed by atoms with E-state index in [1.165, 1.54) is 5.56 Å². The molecule has 1 amide bonds. The van der Waals surface area contributed by atoms with Crippen LogP contribution in [0.2, 0.25) is 0 Å². The third-order valence-electron chi connectivity index (χ3n) is 2.47. The lowest BCUT2D eigenvalue weighted by Gasteiger charge is -2.08. The van der Waals surface area contributed by atoms with E-state index in [0.29, 0.717) is 11.4 Å². The average Bonchev–Trinajstić information content (AvgIpc) is 2.39. The molecule has 0 saturated heterocycles. The highest BCUT2D eigenvalue weighted by molar-refractivity contribution is 5.96. The number of anilines is 1. The van der Waals surface area contributed by atoms with Gasteiger partial charge in [0.25, 0.3) is 0 Å². The molecule has 4 nitrogen and oxygen atoms in total. The van der Waals surface area contributed by atoms with Crippen LogP contribution >= 0.6 is 0 Å². The van der Waals surface area contributed by atoms with E-state index in [1.54, 1.807) is 0 Å². The highest BCUT2D eigenvalue weighted by Gasteiger charge is 2.20. The largest absolute Gasteiger partial charge is 0.489 e. The molecule has 1 heterocycles. The Morgan fingerprint density at radius 2 is 2.40 bits per heavy atom. The van der Waals surface area contributed by atoms with E-state index in [2.05, 4.69) is 12.2 Å². The van der Waals surface area contributed by atoms with Crippen molar-refractivity contribution in [2.75, 3.05) is 11.9 Å². The molecule has 1 atom stereocenters. The van der Waals surface area contributed by atoms with Crippen LogP contribution in [-0.2, 0) is 11.2 Å². The van der Waals surface area contributed by atoms with Gasteiger partial charge in [-0.05, 0) is 24.1 Å². The fraction of sp³-hybridized carbons (Fsp3) is 0.364. The first kappa shape index (κ1) is 9.98. The summed E-state index contributed by atoms with van der Waals surface area (Å²) in [5, 5.41) is 2.73. The van der Waals surface area contributed by atoms with E-state index < -0.39 is 6.04 Å². The van der Waals surface area contributed by atoms with Crippen molar-refractivity contribution in [1.82, 2.24) is 0 Å². The Bertz CT molecular complexity index is 390. The molecular formula is C11H14N2O2. The molecule has 0 unspecified atom stereocenters. The maximum absolute atomic E-state index is 11.4. The summed E-state index contributed by atoms with van der Waals surface area (Å²) in [6, 6.07) is 5.17. The van der Waals surface area contributed by atoms with Crippen molar-refractivity contribution in [2.24, 2.45) is 5.73 Å². The number of hydrogen-bond acceptors (Lipinski definition) is 3. The van der Waals surface area contributed by atoms with Gasteiger partial charge in [-0.15, -0.1) is 0 Å². The van der Waals surface area contributed by atoms with Crippen molar-refractivity contribution in [3.8, 4) is 5.75 Å². The van der Waals surface area contributed by atoms with Crippen molar-refractivity contribution in [3.05, 3.63) is 23.8 Å². The summed E-state index contributed by atoms with van der Waals surface area (Å²) < 4.78 is 5.47. The van der Waals surface area contributed by atoms with Gasteiger partial charge in [-0.25, -0.2) is 0 Å². The van der Waals surface area contributed by atoms with Crippen molar-refractivity contribution in [2.45, 2.75) is 19.4 Å². The number of ether oxygens (including phenoxy) is 1. The molecule has 4 heteroatoms. The van der Waals surface area contributed by atoms with Crippen LogP contribution in [0.1, 0.15) is 12.5 Å². The summed E-state index contributed by atoms with van der Waals surface area (Å²) in [6.45, 7) is 2.30. The maximum Gasteiger partial charge on any atom is 0.244 e. The Hall–Kier alpha value is -1.55. The number of benzene rings is 1. The number of rotatable bonds is 1. The van der Waals surface area contributed by atoms with Crippen molar-refractivity contribution >= 4 is 11.6 Å². The highest BCUT2D eigenvalue weighted by Crippen LogP contribution is 2.28. The van der Waals surface area contributed by atoms with Crippen LogP contribution in [0.4, 0.5) is 5.69 Å². The minimum absolute atomic E-state index is 0.196. The minimum Gasteiger partial charge on any atom is -0.489 e. The first-order valence-corrected chi connectivity index (χ1v) is 5.03. The van der Waals surface area contributed by atoms with Crippen molar-refractivity contribution in [1.29, 1.82) is 0 Å². The Morgan fingerprint density at radius 3 is 3.13 bits per heavy atom. The standard InChI is InChI=1S/C11H14N2O2/c1-2-7-3-4-9-10(5-7)15-6-8(12)11(14)13-9/h3-5,8H,2,6,12H2,1H3,(H,13,14)/t8-/m0/s1. The Labute approximate surface area is 88.4 Å². The lowest BCUT2D eigenvalue weighted by molar-refractivity contribution is -0.117. The van der Waals surface area contributed by atoms with Gasteiger partial charge in [0.05, 0.1) is 5.69 Å². The van der Waals surface area contributed by atoms with Crippen molar-refractivity contribution < 1.29 is 9.53 Å². The molecule has 15 heavy (non-hydrogen) atoms. The summed E-state index contributed by atoms with van der Waals surface area (Å²) in [5.74, 6) is 0.508. The van der Waals surface area contributed by atoms with Crippen LogP contribution in [0, 0.1) is 0 Å². The van der Waals surface area contributed by atoms with Gasteiger partial charge in [-0.3, -0.25) is 4.79 Å². The Balaban J connectivity index is 2.34. The first-order valence-electron chi connectivity index (χ1n) is 5.03. The van der Waals surface area contributed by atoms with Gasteiger partial charge >= 0.3 is 0 Å². The molecule has 1 aromatic rings. The molecule has 1 aliphatic rings. The highest BCUT2D eigenvalue weighted by atomic mass is 16.5. The van der Waals surface area contributed by atoms with Crippen LogP contribution < -0.4 is 15.8 Å². The summed E-state index contributed by atoms with van der Waals surface area (Å²) in [7, 11) is 0. The van der Waals surface area contributed by atoms with Gasteiger partial charge in [-0.1, -0.05) is 13.0 Å². The molecule has 0 aliphatic carbocycles. The minimum atomic E-state index is -0.595. The molecule has 0 aromatic heterocycles. The SMILES string of the molecule is CCc1ccc2c(c1)OC[C@H](N)C(=O)N2. The fourth-order valence-electron chi connectivity index (χ4n) is 1.49. The van der Waals surface area contributed by atoms with E-state index in [0.717, 1.165) is 6.42 Å². The van der Waals surface area contributed by atoms with E-state index in [4.69, 9.17) is 10.5 Å². The van der Waals surface area contributed by atoms with Crippen LogP contribution in [0.25, 0.3) is 0 Å². The van der Waals surface area contributed by atoms with Gasteiger partial charge in [0.1, 0.15) is 18.4 Å². The molecule has 0 fully saturated rings. The van der Waals surface area contributed by atoms with Crippen molar-refractivity contribution in [3.63, 3.8) is 0 Å². The fourth-order valence-corrected chi connectivity index (χ4v) is 1.49. The van der Waals surface area contributed by atoms with E-state index in [1.807, 2.05) is 18.2 Å². The topological polar surface area (TPSA) is 64.3 Å². The Kier molecular flexibility index (Phi) is 2.60. The van der Waals surface area contributed by atoms with Gasteiger partial charge in [0.2, 0.25) is 5.91 Å². The van der Waals surface area contributed by atoms with E-state index in [-0.39, 0.29) is 12.5 Å². The van der Waals surface area contributed by atoms with E-state index in [9.17, 15) is 4.79 Å². The first-order chi connectivity index (χ1) is 7.20. The molecular weight excluding hydrogens is 192 g/mol. The molecule has 1 aliphatic heterocycles. The second-order valence-corrected chi connectivity index (χ2v) is 3.59. The van der Waals surface area contributed by atoms with Crippen LogP contribution in [0.15, 0.2) is 18.2 Å². The number of aryl methyl sites for hydroxylation is 1. The predicted octanol–water partition coefficient (Wildman–Crippen LogP) is 0.907. The Morgan fingerprint density at radius 1 is 1.60 bits per heavy atom. The monoisotopic (exact) mass is 206 g/mol. The zero-order valence-corrected chi connectivity index (χ0v) is 8.62. The number of hydrogen-bond donors (Lipinski definition) is 2. The number of nitrogens with two attached hydrogens (primary N) is 1. The predicted molar refractivity (Wildman–Crippen MR) is 57.9 cm³/mol. The molecule has 0 radical (unpaired) electrons. The van der Waals surface area contributed by atoms with Gasteiger partial charge in [0, 0.05) is 0 Å². The number of carbonyl (C=O) groups excluding carboxylic acids is 1. The zero-order valence-electron chi connectivity index (χ0n) is 8.62. The second kappa shape index (κ2) is 3.90. The van der Waals surface area contributed by atoms with E-state index >= 15 is 0 Å². The number of nitrogens with one attached hydrogen (secondary N) is 1. The van der Waals surface area contributed by atoms with Crippen LogP contribution in [0.3, 0.4) is 0 Å². The summed E-state index contributed by atoms with van der Waals surface area (Å²) in [4.78, 5) is 11.4. The second-order valence-electron chi connectivity index (χ2n) is 3.59. The third kappa shape index (κ3) is 1.94.